The topological polar surface area (TPSA) is 55.6 Å². The summed E-state index contributed by atoms with van der Waals surface area (Å²) in [7, 11) is 1.96. The minimum absolute atomic E-state index is 0.0611. The summed E-state index contributed by atoms with van der Waals surface area (Å²) in [6, 6.07) is -0.0611. The summed E-state index contributed by atoms with van der Waals surface area (Å²) in [6.45, 7) is 3.75. The zero-order valence-electron chi connectivity index (χ0n) is 7.62. The van der Waals surface area contributed by atoms with Crippen LogP contribution in [-0.4, -0.2) is 43.7 Å². The highest BCUT2D eigenvalue weighted by Crippen LogP contribution is 2.14. The number of likely N-dealkylation sites (N-methyl/N-ethyl adjacent to an activating group) is 1. The third kappa shape index (κ3) is 1.95. The molecular formula is C8H16N2O2. The Bertz CT molecular complexity index is 172. The van der Waals surface area contributed by atoms with Crippen molar-refractivity contribution in [1.29, 1.82) is 0 Å². The average Bonchev–Trinajstić information content (AvgIpc) is 2.30. The van der Waals surface area contributed by atoms with Crippen molar-refractivity contribution < 1.29 is 9.53 Å². The number of hydrogen-bond donors (Lipinski definition) is 1. The Hall–Kier alpha value is -0.610. The first-order valence-corrected chi connectivity index (χ1v) is 4.26. The van der Waals surface area contributed by atoms with E-state index in [1.807, 2.05) is 18.9 Å². The van der Waals surface area contributed by atoms with Gasteiger partial charge in [0, 0.05) is 19.1 Å². The minimum atomic E-state index is -0.158. The van der Waals surface area contributed by atoms with Gasteiger partial charge in [0.05, 0.1) is 12.5 Å². The predicted molar refractivity (Wildman–Crippen MR) is 45.6 cm³/mol. The van der Waals surface area contributed by atoms with Crippen molar-refractivity contribution in [2.75, 3.05) is 26.7 Å². The van der Waals surface area contributed by atoms with Gasteiger partial charge >= 0.3 is 5.97 Å². The van der Waals surface area contributed by atoms with Gasteiger partial charge in [-0.3, -0.25) is 4.79 Å². The second kappa shape index (κ2) is 3.87. The molecule has 1 rings (SSSR count). The highest BCUT2D eigenvalue weighted by atomic mass is 16.5. The molecule has 0 aromatic rings. The highest BCUT2D eigenvalue weighted by molar-refractivity contribution is 5.74. The molecule has 1 saturated heterocycles. The Balaban J connectivity index is 2.46. The summed E-state index contributed by atoms with van der Waals surface area (Å²) in [6.07, 6.45) is 0. The van der Waals surface area contributed by atoms with E-state index in [1.165, 1.54) is 0 Å². The fraction of sp³-hybridized carbons (Fsp3) is 0.875. The zero-order valence-corrected chi connectivity index (χ0v) is 7.62. The lowest BCUT2D eigenvalue weighted by atomic mass is 10.1. The normalized spacial score (nSPS) is 30.6. The summed E-state index contributed by atoms with van der Waals surface area (Å²) in [5.41, 5.74) is 5.76. The van der Waals surface area contributed by atoms with E-state index in [9.17, 15) is 4.79 Å². The first kappa shape index (κ1) is 9.48. The fourth-order valence-electron chi connectivity index (χ4n) is 1.53. The van der Waals surface area contributed by atoms with Crippen LogP contribution >= 0.6 is 0 Å². The van der Waals surface area contributed by atoms with Crippen LogP contribution in [0.4, 0.5) is 0 Å². The molecule has 1 heterocycles. The number of nitrogens with zero attached hydrogens (tertiary/aromatic N) is 1. The number of likely N-dealkylation sites (tertiary alicyclic amines) is 1. The number of hydrogen-bond acceptors (Lipinski definition) is 4. The Morgan fingerprint density at radius 3 is 2.75 bits per heavy atom. The van der Waals surface area contributed by atoms with Crippen molar-refractivity contribution in [1.82, 2.24) is 4.90 Å². The maximum atomic E-state index is 11.3. The summed E-state index contributed by atoms with van der Waals surface area (Å²) in [5.74, 6) is -0.288. The van der Waals surface area contributed by atoms with Crippen LogP contribution in [0.25, 0.3) is 0 Å². The molecule has 1 fully saturated rings. The molecule has 0 aromatic carbocycles. The number of rotatable bonds is 2. The van der Waals surface area contributed by atoms with E-state index in [4.69, 9.17) is 10.5 Å². The third-order valence-corrected chi connectivity index (χ3v) is 2.14. The Kier molecular flexibility index (Phi) is 3.05. The second-order valence-corrected chi connectivity index (χ2v) is 3.24. The third-order valence-electron chi connectivity index (χ3n) is 2.14. The van der Waals surface area contributed by atoms with Crippen molar-refractivity contribution in [3.05, 3.63) is 0 Å². The molecule has 0 amide bonds. The number of esters is 1. The first-order chi connectivity index (χ1) is 5.65. The number of carbonyl (C=O) groups is 1. The zero-order chi connectivity index (χ0) is 9.14. The molecular weight excluding hydrogens is 156 g/mol. The van der Waals surface area contributed by atoms with Crippen molar-refractivity contribution in [2.45, 2.75) is 13.0 Å². The molecule has 1 unspecified atom stereocenters. The lowest BCUT2D eigenvalue weighted by Crippen LogP contribution is -2.35. The van der Waals surface area contributed by atoms with Gasteiger partial charge in [0.15, 0.2) is 0 Å². The number of nitrogens with two attached hydrogens (primary N) is 1. The Morgan fingerprint density at radius 2 is 2.33 bits per heavy atom. The molecule has 12 heavy (non-hydrogen) atoms. The maximum Gasteiger partial charge on any atom is 0.311 e. The van der Waals surface area contributed by atoms with E-state index < -0.39 is 0 Å². The number of carbonyl (C=O) groups excluding carboxylic acids is 1. The first-order valence-electron chi connectivity index (χ1n) is 4.26. The van der Waals surface area contributed by atoms with E-state index in [-0.39, 0.29) is 17.9 Å². The van der Waals surface area contributed by atoms with E-state index >= 15 is 0 Å². The van der Waals surface area contributed by atoms with Gasteiger partial charge in [-0.1, -0.05) is 0 Å². The van der Waals surface area contributed by atoms with Crippen molar-refractivity contribution >= 4 is 5.97 Å². The molecule has 1 aliphatic rings. The van der Waals surface area contributed by atoms with E-state index in [2.05, 4.69) is 0 Å². The Morgan fingerprint density at radius 1 is 1.67 bits per heavy atom. The van der Waals surface area contributed by atoms with Gasteiger partial charge in [-0.2, -0.15) is 0 Å². The second-order valence-electron chi connectivity index (χ2n) is 3.24. The van der Waals surface area contributed by atoms with Gasteiger partial charge in [0.25, 0.3) is 0 Å². The van der Waals surface area contributed by atoms with E-state index in [1.54, 1.807) is 0 Å². The van der Waals surface area contributed by atoms with E-state index in [0.29, 0.717) is 6.61 Å². The monoisotopic (exact) mass is 172 g/mol. The smallest absolute Gasteiger partial charge is 0.311 e. The summed E-state index contributed by atoms with van der Waals surface area (Å²) in [5, 5.41) is 0. The SMILES string of the molecule is CCOC(=O)[C@H]1CN(C)CC1N. The minimum Gasteiger partial charge on any atom is -0.466 e. The lowest BCUT2D eigenvalue weighted by molar-refractivity contribution is -0.147. The average molecular weight is 172 g/mol. The molecule has 0 spiro atoms. The van der Waals surface area contributed by atoms with Crippen LogP contribution in [0.1, 0.15) is 6.92 Å². The number of ether oxygens (including phenoxy) is 1. The summed E-state index contributed by atoms with van der Waals surface area (Å²) in [4.78, 5) is 13.3. The van der Waals surface area contributed by atoms with Gasteiger partial charge in [-0.25, -0.2) is 0 Å². The molecule has 0 radical (unpaired) electrons. The van der Waals surface area contributed by atoms with Crippen molar-refractivity contribution in [3.63, 3.8) is 0 Å². The van der Waals surface area contributed by atoms with Crippen LogP contribution in [0.5, 0.6) is 0 Å². The van der Waals surface area contributed by atoms with Gasteiger partial charge in [0.2, 0.25) is 0 Å². The molecule has 2 atom stereocenters. The van der Waals surface area contributed by atoms with Crippen molar-refractivity contribution in [3.8, 4) is 0 Å². The van der Waals surface area contributed by atoms with Crippen LogP contribution < -0.4 is 5.73 Å². The summed E-state index contributed by atoms with van der Waals surface area (Å²) < 4.78 is 4.90. The van der Waals surface area contributed by atoms with Crippen LogP contribution in [0.15, 0.2) is 0 Å². The molecule has 0 aromatic heterocycles. The lowest BCUT2D eigenvalue weighted by Gasteiger charge is -2.11. The Labute approximate surface area is 72.7 Å². The van der Waals surface area contributed by atoms with Gasteiger partial charge in [0.1, 0.15) is 0 Å². The summed E-state index contributed by atoms with van der Waals surface area (Å²) >= 11 is 0. The molecule has 0 saturated carbocycles. The molecule has 1 aliphatic heterocycles. The van der Waals surface area contributed by atoms with Crippen molar-refractivity contribution in [2.24, 2.45) is 11.7 Å². The molecule has 0 aliphatic carbocycles. The highest BCUT2D eigenvalue weighted by Gasteiger charge is 2.34. The standard InChI is InChI=1S/C8H16N2O2/c1-3-12-8(11)6-4-10(2)5-7(6)9/h6-7H,3-5,9H2,1-2H3/t6-,7?/m0/s1. The molecule has 70 valence electrons. The van der Waals surface area contributed by atoms with Crippen LogP contribution in [0, 0.1) is 5.92 Å². The van der Waals surface area contributed by atoms with Crippen LogP contribution in [-0.2, 0) is 9.53 Å². The van der Waals surface area contributed by atoms with Gasteiger partial charge in [-0.15, -0.1) is 0 Å². The maximum absolute atomic E-state index is 11.3. The quantitative estimate of drug-likeness (QED) is 0.567. The molecule has 4 nitrogen and oxygen atoms in total. The molecule has 4 heteroatoms. The van der Waals surface area contributed by atoms with E-state index in [0.717, 1.165) is 13.1 Å². The molecule has 0 bridgehead atoms. The van der Waals surface area contributed by atoms with Gasteiger partial charge < -0.3 is 15.4 Å². The fourth-order valence-corrected chi connectivity index (χ4v) is 1.53. The predicted octanol–water partition coefficient (Wildman–Crippen LogP) is -0.562. The van der Waals surface area contributed by atoms with Crippen LogP contribution in [0.2, 0.25) is 0 Å². The van der Waals surface area contributed by atoms with Gasteiger partial charge in [-0.05, 0) is 14.0 Å². The largest absolute Gasteiger partial charge is 0.466 e. The molecule has 2 N–H and O–H groups in total. The van der Waals surface area contributed by atoms with Crippen LogP contribution in [0.3, 0.4) is 0 Å².